The highest BCUT2D eigenvalue weighted by molar-refractivity contribution is 5.77. The van der Waals surface area contributed by atoms with Crippen LogP contribution in [-0.2, 0) is 24.4 Å². The third-order valence-corrected chi connectivity index (χ3v) is 3.57. The first-order valence-electron chi connectivity index (χ1n) is 8.05. The third-order valence-electron chi connectivity index (χ3n) is 3.57. The number of nitrogens with one attached hydrogen (secondary N) is 2. The van der Waals surface area contributed by atoms with E-state index in [1.54, 1.807) is 19.5 Å². The van der Waals surface area contributed by atoms with Crippen LogP contribution in [0.3, 0.4) is 0 Å². The Bertz CT molecular complexity index is 834. The fourth-order valence-electron chi connectivity index (χ4n) is 2.21. The molecule has 0 unspecified atom stereocenters. The van der Waals surface area contributed by atoms with E-state index in [0.29, 0.717) is 23.9 Å². The number of hydrogen-bond acceptors (Lipinski definition) is 6. The van der Waals surface area contributed by atoms with Crippen LogP contribution < -0.4 is 14.8 Å². The van der Waals surface area contributed by atoms with Gasteiger partial charge in [0.05, 0.1) is 13.5 Å². The summed E-state index contributed by atoms with van der Waals surface area (Å²) < 4.78 is 10.7. The van der Waals surface area contributed by atoms with Crippen molar-refractivity contribution in [3.63, 3.8) is 0 Å². The summed E-state index contributed by atoms with van der Waals surface area (Å²) in [6, 6.07) is 10.9. The van der Waals surface area contributed by atoms with Crippen LogP contribution in [0.5, 0.6) is 11.5 Å². The van der Waals surface area contributed by atoms with Crippen molar-refractivity contribution >= 4 is 5.91 Å². The summed E-state index contributed by atoms with van der Waals surface area (Å²) in [4.78, 5) is 20.2. The molecule has 0 saturated carbocycles. The molecule has 8 nitrogen and oxygen atoms in total. The largest absolute Gasteiger partial charge is 0.497 e. The average molecular weight is 353 g/mol. The number of rotatable bonds is 8. The fourth-order valence-corrected chi connectivity index (χ4v) is 2.21. The van der Waals surface area contributed by atoms with Gasteiger partial charge in [0.25, 0.3) is 0 Å². The van der Waals surface area contributed by atoms with E-state index in [-0.39, 0.29) is 18.9 Å². The minimum absolute atomic E-state index is 0.101. The fraction of sp³-hybridized carbons (Fsp3) is 0.222. The number of carbonyl (C=O) groups excluding carboxylic acids is 1. The van der Waals surface area contributed by atoms with E-state index < -0.39 is 0 Å². The molecule has 3 rings (SSSR count). The van der Waals surface area contributed by atoms with Crippen LogP contribution in [0.2, 0.25) is 0 Å². The zero-order valence-electron chi connectivity index (χ0n) is 14.3. The van der Waals surface area contributed by atoms with Crippen LogP contribution >= 0.6 is 0 Å². The van der Waals surface area contributed by atoms with E-state index in [1.807, 2.05) is 36.4 Å². The molecule has 0 fully saturated rings. The summed E-state index contributed by atoms with van der Waals surface area (Å²) in [6.07, 6.45) is 3.47. The van der Waals surface area contributed by atoms with Crippen LogP contribution in [0.25, 0.3) is 0 Å². The van der Waals surface area contributed by atoms with E-state index >= 15 is 0 Å². The standard InChI is InChI=1S/C18H19N5O3/c1-25-14-2-4-15(5-3-14)26-12-17-21-16(22-23-17)10-18(24)20-11-13-6-8-19-9-7-13/h2-9H,10-12H2,1H3,(H,20,24)(H,21,22,23). The van der Waals surface area contributed by atoms with Gasteiger partial charge in [-0.3, -0.25) is 14.9 Å². The molecule has 0 aliphatic carbocycles. The number of hydrogen-bond donors (Lipinski definition) is 2. The molecule has 0 aliphatic rings. The zero-order chi connectivity index (χ0) is 18.2. The molecular formula is C18H19N5O3. The van der Waals surface area contributed by atoms with Gasteiger partial charge in [0.15, 0.2) is 11.6 Å². The summed E-state index contributed by atoms with van der Waals surface area (Å²) >= 11 is 0. The highest BCUT2D eigenvalue weighted by atomic mass is 16.5. The number of ether oxygens (including phenoxy) is 2. The lowest BCUT2D eigenvalue weighted by Crippen LogP contribution is -2.25. The molecule has 3 aromatic rings. The van der Waals surface area contributed by atoms with Gasteiger partial charge in [0, 0.05) is 18.9 Å². The monoisotopic (exact) mass is 353 g/mol. The quantitative estimate of drug-likeness (QED) is 0.638. The summed E-state index contributed by atoms with van der Waals surface area (Å²) in [5.41, 5.74) is 0.983. The maximum absolute atomic E-state index is 12.0. The van der Waals surface area contributed by atoms with Gasteiger partial charge in [-0.2, -0.15) is 5.10 Å². The second kappa shape index (κ2) is 8.61. The summed E-state index contributed by atoms with van der Waals surface area (Å²) in [5.74, 6) is 2.28. The molecule has 8 heteroatoms. The van der Waals surface area contributed by atoms with Crippen LogP contribution in [0, 0.1) is 0 Å². The molecule has 134 valence electrons. The third kappa shape index (κ3) is 5.04. The molecule has 0 radical (unpaired) electrons. The molecule has 0 aliphatic heterocycles. The van der Waals surface area contributed by atoms with Crippen molar-refractivity contribution in [2.45, 2.75) is 19.6 Å². The van der Waals surface area contributed by atoms with Crippen LogP contribution in [0.1, 0.15) is 17.2 Å². The van der Waals surface area contributed by atoms with Crippen LogP contribution in [-0.4, -0.2) is 33.2 Å². The number of pyridine rings is 1. The molecule has 0 bridgehead atoms. The number of amides is 1. The van der Waals surface area contributed by atoms with Crippen molar-refractivity contribution in [2.24, 2.45) is 0 Å². The second-order valence-corrected chi connectivity index (χ2v) is 5.47. The van der Waals surface area contributed by atoms with E-state index in [4.69, 9.17) is 9.47 Å². The van der Waals surface area contributed by atoms with E-state index in [9.17, 15) is 4.79 Å². The molecule has 0 saturated heterocycles. The molecule has 0 spiro atoms. The molecule has 26 heavy (non-hydrogen) atoms. The van der Waals surface area contributed by atoms with Gasteiger partial charge in [-0.1, -0.05) is 0 Å². The van der Waals surface area contributed by atoms with Crippen molar-refractivity contribution in [1.82, 2.24) is 25.5 Å². The number of methoxy groups -OCH3 is 1. The van der Waals surface area contributed by atoms with Crippen molar-refractivity contribution in [3.05, 3.63) is 66.0 Å². The Balaban J connectivity index is 1.45. The number of benzene rings is 1. The lowest BCUT2D eigenvalue weighted by Gasteiger charge is -2.05. The van der Waals surface area contributed by atoms with Gasteiger partial charge in [0.2, 0.25) is 5.91 Å². The smallest absolute Gasteiger partial charge is 0.228 e. The van der Waals surface area contributed by atoms with Crippen molar-refractivity contribution in [2.75, 3.05) is 7.11 Å². The maximum Gasteiger partial charge on any atom is 0.228 e. The van der Waals surface area contributed by atoms with Gasteiger partial charge >= 0.3 is 0 Å². The molecule has 2 aromatic heterocycles. The van der Waals surface area contributed by atoms with Gasteiger partial charge in [-0.15, -0.1) is 0 Å². The Morgan fingerprint density at radius 3 is 2.58 bits per heavy atom. The molecule has 2 heterocycles. The average Bonchev–Trinajstić information content (AvgIpc) is 3.13. The lowest BCUT2D eigenvalue weighted by atomic mass is 10.2. The maximum atomic E-state index is 12.0. The normalized spacial score (nSPS) is 10.3. The molecule has 1 aromatic carbocycles. The molecule has 2 N–H and O–H groups in total. The number of aromatic nitrogens is 4. The Morgan fingerprint density at radius 1 is 1.12 bits per heavy atom. The molecular weight excluding hydrogens is 334 g/mol. The van der Waals surface area contributed by atoms with Gasteiger partial charge < -0.3 is 14.8 Å². The van der Waals surface area contributed by atoms with Crippen LogP contribution in [0.15, 0.2) is 48.8 Å². The summed E-state index contributed by atoms with van der Waals surface area (Å²) in [7, 11) is 1.61. The lowest BCUT2D eigenvalue weighted by molar-refractivity contribution is -0.120. The van der Waals surface area contributed by atoms with Crippen LogP contribution in [0.4, 0.5) is 0 Å². The second-order valence-electron chi connectivity index (χ2n) is 5.47. The molecule has 1 amide bonds. The number of H-pyrrole nitrogens is 1. The SMILES string of the molecule is COc1ccc(OCc2nc(CC(=O)NCc3ccncc3)n[nH]2)cc1. The topological polar surface area (TPSA) is 102 Å². The minimum atomic E-state index is -0.150. The van der Waals surface area contributed by atoms with Gasteiger partial charge in [0.1, 0.15) is 18.1 Å². The summed E-state index contributed by atoms with van der Waals surface area (Å²) in [6.45, 7) is 0.678. The summed E-state index contributed by atoms with van der Waals surface area (Å²) in [5, 5.41) is 9.64. The van der Waals surface area contributed by atoms with Crippen molar-refractivity contribution < 1.29 is 14.3 Å². The zero-order valence-corrected chi connectivity index (χ0v) is 14.3. The minimum Gasteiger partial charge on any atom is -0.497 e. The van der Waals surface area contributed by atoms with E-state index in [0.717, 1.165) is 11.3 Å². The van der Waals surface area contributed by atoms with Crippen molar-refractivity contribution in [1.29, 1.82) is 0 Å². The number of nitrogens with zero attached hydrogens (tertiary/aromatic N) is 3. The predicted octanol–water partition coefficient (Wildman–Crippen LogP) is 1.65. The number of carbonyl (C=O) groups is 1. The Kier molecular flexibility index (Phi) is 5.76. The Morgan fingerprint density at radius 2 is 1.85 bits per heavy atom. The molecule has 0 atom stereocenters. The first-order chi connectivity index (χ1) is 12.7. The van der Waals surface area contributed by atoms with Gasteiger partial charge in [-0.25, -0.2) is 4.98 Å². The number of aromatic amines is 1. The highest BCUT2D eigenvalue weighted by Gasteiger charge is 2.09. The Hall–Kier alpha value is -3.42. The van der Waals surface area contributed by atoms with E-state index in [2.05, 4.69) is 25.5 Å². The predicted molar refractivity (Wildman–Crippen MR) is 93.5 cm³/mol. The first kappa shape index (κ1) is 17.4. The van der Waals surface area contributed by atoms with Gasteiger partial charge in [-0.05, 0) is 42.0 Å². The first-order valence-corrected chi connectivity index (χ1v) is 8.05. The highest BCUT2D eigenvalue weighted by Crippen LogP contribution is 2.17. The van der Waals surface area contributed by atoms with E-state index in [1.165, 1.54) is 0 Å². The Labute approximate surface area is 150 Å². The van der Waals surface area contributed by atoms with Crippen molar-refractivity contribution in [3.8, 4) is 11.5 Å².